The van der Waals surface area contributed by atoms with Crippen molar-refractivity contribution in [1.82, 2.24) is 0 Å². The molecule has 1 aromatic carbocycles. The van der Waals surface area contributed by atoms with E-state index in [0.717, 1.165) is 0 Å². The molecule has 0 radical (unpaired) electrons. The van der Waals surface area contributed by atoms with E-state index in [1.54, 1.807) is 12.1 Å². The van der Waals surface area contributed by atoms with Gasteiger partial charge in [-0.2, -0.15) is 0 Å². The lowest BCUT2D eigenvalue weighted by Gasteiger charge is -2.05. The monoisotopic (exact) mass is 181 g/mol. The number of hydrogen-bond donors (Lipinski definition) is 3. The van der Waals surface area contributed by atoms with Gasteiger partial charge in [0.1, 0.15) is 5.75 Å². The van der Waals surface area contributed by atoms with Crippen LogP contribution in [0.3, 0.4) is 0 Å². The summed E-state index contributed by atoms with van der Waals surface area (Å²) in [7, 11) is 0. The molecule has 0 heterocycles. The molecule has 4 heteroatoms. The highest BCUT2D eigenvalue weighted by molar-refractivity contribution is 5.68. The van der Waals surface area contributed by atoms with Crippen LogP contribution in [0.15, 0.2) is 18.2 Å². The molecule has 0 saturated heterocycles. The fraction of sp³-hybridized carbons (Fsp3) is 0.222. The van der Waals surface area contributed by atoms with Gasteiger partial charge in [-0.25, -0.2) is 0 Å². The molecule has 13 heavy (non-hydrogen) atoms. The Balaban J connectivity index is 2.81. The van der Waals surface area contributed by atoms with E-state index in [-0.39, 0.29) is 18.6 Å². The molecule has 1 aromatic rings. The van der Waals surface area contributed by atoms with Gasteiger partial charge in [-0.3, -0.25) is 4.79 Å². The van der Waals surface area contributed by atoms with Gasteiger partial charge in [-0.05, 0) is 18.6 Å². The number of carboxylic acids is 1. The quantitative estimate of drug-likeness (QED) is 0.607. The molecule has 0 amide bonds. The predicted molar refractivity (Wildman–Crippen MR) is 48.5 cm³/mol. The second kappa shape index (κ2) is 3.80. The lowest BCUT2D eigenvalue weighted by Crippen LogP contribution is -2.00. The summed E-state index contributed by atoms with van der Waals surface area (Å²) in [5.74, 6) is -0.844. The predicted octanol–water partition coefficient (Wildman–Crippen LogP) is 0.992. The highest BCUT2D eigenvalue weighted by atomic mass is 16.4. The Morgan fingerprint density at radius 3 is 2.69 bits per heavy atom. The van der Waals surface area contributed by atoms with Gasteiger partial charge in [0, 0.05) is 17.7 Å². The van der Waals surface area contributed by atoms with E-state index >= 15 is 0 Å². The van der Waals surface area contributed by atoms with E-state index < -0.39 is 5.97 Å². The van der Waals surface area contributed by atoms with Crippen molar-refractivity contribution in [2.75, 3.05) is 5.73 Å². The van der Waals surface area contributed by atoms with Gasteiger partial charge in [0.25, 0.3) is 0 Å². The smallest absolute Gasteiger partial charge is 0.303 e. The molecule has 0 saturated carbocycles. The van der Waals surface area contributed by atoms with Gasteiger partial charge in [0.05, 0.1) is 0 Å². The Hall–Kier alpha value is -1.71. The average Bonchev–Trinajstić information content (AvgIpc) is 2.03. The summed E-state index contributed by atoms with van der Waals surface area (Å²) in [5.41, 5.74) is 6.49. The van der Waals surface area contributed by atoms with Gasteiger partial charge < -0.3 is 15.9 Å². The second-order valence-corrected chi connectivity index (χ2v) is 2.74. The third-order valence-corrected chi connectivity index (χ3v) is 1.78. The van der Waals surface area contributed by atoms with Gasteiger partial charge >= 0.3 is 5.97 Å². The van der Waals surface area contributed by atoms with Crippen molar-refractivity contribution < 1.29 is 15.0 Å². The fourth-order valence-corrected chi connectivity index (χ4v) is 1.10. The van der Waals surface area contributed by atoms with E-state index in [0.29, 0.717) is 11.3 Å². The number of hydrogen-bond acceptors (Lipinski definition) is 3. The van der Waals surface area contributed by atoms with Crippen LogP contribution in [0.4, 0.5) is 5.69 Å². The first-order chi connectivity index (χ1) is 6.11. The Labute approximate surface area is 75.6 Å². The SMILES string of the molecule is Nc1cccc(O)c1CCC(=O)O. The number of aromatic hydroxyl groups is 1. The summed E-state index contributed by atoms with van der Waals surface area (Å²) in [6.45, 7) is 0. The summed E-state index contributed by atoms with van der Waals surface area (Å²) >= 11 is 0. The third-order valence-electron chi connectivity index (χ3n) is 1.78. The Bertz CT molecular complexity index is 302. The van der Waals surface area contributed by atoms with Crippen LogP contribution in [-0.2, 0) is 11.2 Å². The number of phenols is 1. The molecule has 0 bridgehead atoms. The lowest BCUT2D eigenvalue weighted by molar-refractivity contribution is -0.136. The maximum Gasteiger partial charge on any atom is 0.303 e. The van der Waals surface area contributed by atoms with E-state index in [2.05, 4.69) is 0 Å². The van der Waals surface area contributed by atoms with Gasteiger partial charge in [-0.15, -0.1) is 0 Å². The van der Waals surface area contributed by atoms with Crippen molar-refractivity contribution in [1.29, 1.82) is 0 Å². The number of rotatable bonds is 3. The topological polar surface area (TPSA) is 83.5 Å². The van der Waals surface area contributed by atoms with Crippen molar-refractivity contribution in [3.63, 3.8) is 0 Å². The molecule has 0 fully saturated rings. The van der Waals surface area contributed by atoms with Crippen molar-refractivity contribution >= 4 is 11.7 Å². The van der Waals surface area contributed by atoms with Crippen molar-refractivity contribution in [2.45, 2.75) is 12.8 Å². The number of benzene rings is 1. The zero-order chi connectivity index (χ0) is 9.84. The molecule has 1 rings (SSSR count). The van der Waals surface area contributed by atoms with Crippen LogP contribution in [0.2, 0.25) is 0 Å². The van der Waals surface area contributed by atoms with Crippen LogP contribution in [0, 0.1) is 0 Å². The van der Waals surface area contributed by atoms with Crippen LogP contribution in [0.5, 0.6) is 5.75 Å². The molecular weight excluding hydrogens is 170 g/mol. The van der Waals surface area contributed by atoms with E-state index in [1.807, 2.05) is 0 Å². The minimum Gasteiger partial charge on any atom is -0.508 e. The van der Waals surface area contributed by atoms with E-state index in [9.17, 15) is 9.90 Å². The van der Waals surface area contributed by atoms with Crippen molar-refractivity contribution in [2.24, 2.45) is 0 Å². The molecule has 4 nitrogen and oxygen atoms in total. The zero-order valence-corrected chi connectivity index (χ0v) is 7.03. The normalized spacial score (nSPS) is 9.85. The summed E-state index contributed by atoms with van der Waals surface area (Å²) in [6, 6.07) is 4.75. The van der Waals surface area contributed by atoms with Gasteiger partial charge in [0.15, 0.2) is 0 Å². The number of carboxylic acid groups (broad SMARTS) is 1. The standard InChI is InChI=1S/C9H11NO3/c10-7-2-1-3-8(11)6(7)4-5-9(12)13/h1-3,11H,4-5,10H2,(H,12,13). The fourth-order valence-electron chi connectivity index (χ4n) is 1.10. The van der Waals surface area contributed by atoms with Crippen LogP contribution in [0.1, 0.15) is 12.0 Å². The van der Waals surface area contributed by atoms with Crippen LogP contribution in [0.25, 0.3) is 0 Å². The minimum atomic E-state index is -0.900. The number of nitrogens with two attached hydrogens (primary N) is 1. The van der Waals surface area contributed by atoms with Gasteiger partial charge in [0.2, 0.25) is 0 Å². The minimum absolute atomic E-state index is 0.0260. The summed E-state index contributed by atoms with van der Waals surface area (Å²) in [6.07, 6.45) is 0.232. The van der Waals surface area contributed by atoms with Crippen molar-refractivity contribution in [3.05, 3.63) is 23.8 Å². The number of nitrogen functional groups attached to an aromatic ring is 1. The molecule has 4 N–H and O–H groups in total. The average molecular weight is 181 g/mol. The highest BCUT2D eigenvalue weighted by Crippen LogP contribution is 2.23. The molecule has 0 aliphatic carbocycles. The first kappa shape index (κ1) is 9.38. The molecule has 0 aliphatic heterocycles. The third kappa shape index (κ3) is 2.37. The molecule has 70 valence electrons. The molecule has 0 aliphatic rings. The Kier molecular flexibility index (Phi) is 2.74. The number of carbonyl (C=O) groups is 1. The van der Waals surface area contributed by atoms with E-state index in [4.69, 9.17) is 10.8 Å². The van der Waals surface area contributed by atoms with Crippen LogP contribution in [-0.4, -0.2) is 16.2 Å². The molecule has 0 spiro atoms. The molecule has 0 atom stereocenters. The Morgan fingerprint density at radius 1 is 1.46 bits per heavy atom. The van der Waals surface area contributed by atoms with Crippen LogP contribution < -0.4 is 5.73 Å². The summed E-state index contributed by atoms with van der Waals surface area (Å²) in [4.78, 5) is 10.3. The first-order valence-corrected chi connectivity index (χ1v) is 3.89. The molecule has 0 unspecified atom stereocenters. The van der Waals surface area contributed by atoms with Crippen molar-refractivity contribution in [3.8, 4) is 5.75 Å². The maximum atomic E-state index is 10.3. The zero-order valence-electron chi connectivity index (χ0n) is 7.03. The van der Waals surface area contributed by atoms with Gasteiger partial charge in [-0.1, -0.05) is 6.07 Å². The highest BCUT2D eigenvalue weighted by Gasteiger charge is 2.06. The summed E-state index contributed by atoms with van der Waals surface area (Å²) < 4.78 is 0. The molecular formula is C9H11NO3. The number of anilines is 1. The lowest BCUT2D eigenvalue weighted by atomic mass is 10.1. The largest absolute Gasteiger partial charge is 0.508 e. The number of aliphatic carboxylic acids is 1. The first-order valence-electron chi connectivity index (χ1n) is 3.89. The molecule has 0 aromatic heterocycles. The van der Waals surface area contributed by atoms with Crippen LogP contribution >= 0.6 is 0 Å². The maximum absolute atomic E-state index is 10.3. The second-order valence-electron chi connectivity index (χ2n) is 2.74. The van der Waals surface area contributed by atoms with E-state index in [1.165, 1.54) is 6.07 Å². The number of phenolic OH excluding ortho intramolecular Hbond substituents is 1. The summed E-state index contributed by atoms with van der Waals surface area (Å²) in [5, 5.41) is 17.8. The Morgan fingerprint density at radius 2 is 2.15 bits per heavy atom.